The van der Waals surface area contributed by atoms with E-state index >= 15 is 0 Å². The monoisotopic (exact) mass is 624 g/mol. The van der Waals surface area contributed by atoms with Gasteiger partial charge in [-0.25, -0.2) is 9.59 Å². The van der Waals surface area contributed by atoms with Gasteiger partial charge in [0.05, 0.1) is 17.2 Å². The molecule has 246 valence electrons. The number of carbonyl (C=O) groups is 2. The second kappa shape index (κ2) is 13.1. The summed E-state index contributed by atoms with van der Waals surface area (Å²) in [6.07, 6.45) is 11.4. The van der Waals surface area contributed by atoms with Gasteiger partial charge in [-0.3, -0.25) is 0 Å². The Kier molecular flexibility index (Phi) is 9.36. The molecule has 5 nitrogen and oxygen atoms in total. The van der Waals surface area contributed by atoms with Crippen LogP contribution in [-0.4, -0.2) is 35.4 Å². The number of fused-ring (bicyclic) bond motifs is 5. The minimum atomic E-state index is -0.554. The van der Waals surface area contributed by atoms with Crippen molar-refractivity contribution in [3.05, 3.63) is 95.1 Å². The SMILES string of the molecule is CC(C)[C@H](CC[C@@H](C)[C@H]1CC[C@H]2C3=CC=C4C[C@@H](OC(=O)c5ccccc5)C[C@H](O)[C@]4(C)[C@H]3CC[C@]12C)OC(=O)c1ccccc1. The molecule has 5 heteroatoms. The summed E-state index contributed by atoms with van der Waals surface area (Å²) >= 11 is 0. The third-order valence-corrected chi connectivity index (χ3v) is 12.6. The fourth-order valence-corrected chi connectivity index (χ4v) is 9.83. The molecule has 0 aromatic heterocycles. The number of allylic oxidation sites excluding steroid dienone is 3. The van der Waals surface area contributed by atoms with Gasteiger partial charge in [-0.15, -0.1) is 0 Å². The van der Waals surface area contributed by atoms with Gasteiger partial charge in [0, 0.05) is 18.3 Å². The van der Waals surface area contributed by atoms with Crippen molar-refractivity contribution in [2.24, 2.45) is 40.4 Å². The molecular formula is C41H52O5. The van der Waals surface area contributed by atoms with E-state index in [0.717, 1.165) is 25.7 Å². The molecule has 4 aliphatic carbocycles. The third-order valence-electron chi connectivity index (χ3n) is 12.6. The molecule has 2 aromatic carbocycles. The number of ether oxygens (including phenoxy) is 2. The van der Waals surface area contributed by atoms with E-state index in [1.807, 2.05) is 48.5 Å². The summed E-state index contributed by atoms with van der Waals surface area (Å²) in [6.45, 7) is 11.5. The highest BCUT2D eigenvalue weighted by Crippen LogP contribution is 2.66. The number of benzene rings is 2. The lowest BCUT2D eigenvalue weighted by atomic mass is 9.49. The van der Waals surface area contributed by atoms with E-state index in [-0.39, 0.29) is 40.9 Å². The van der Waals surface area contributed by atoms with Gasteiger partial charge in [0.1, 0.15) is 12.2 Å². The zero-order valence-electron chi connectivity index (χ0n) is 28.3. The highest BCUT2D eigenvalue weighted by Gasteiger charge is 2.59. The average Bonchev–Trinajstić information content (AvgIpc) is 3.41. The van der Waals surface area contributed by atoms with Crippen molar-refractivity contribution in [2.45, 2.75) is 104 Å². The van der Waals surface area contributed by atoms with Crippen molar-refractivity contribution in [1.29, 1.82) is 0 Å². The van der Waals surface area contributed by atoms with Crippen LogP contribution in [0.15, 0.2) is 84.0 Å². The van der Waals surface area contributed by atoms with Crippen LogP contribution < -0.4 is 0 Å². The van der Waals surface area contributed by atoms with Crippen LogP contribution in [0.2, 0.25) is 0 Å². The molecule has 1 N–H and O–H groups in total. The standard InChI is InChI=1S/C41H52O5/c1-26(2)36(46-39(44)29-14-10-7-11-15-29)21-16-27(3)33-19-20-34-32-18-17-30-24-31(45-38(43)28-12-8-6-9-13-28)25-37(42)41(30,5)35(32)22-23-40(33,34)4/h6-15,17-18,26-27,31,33-37,42H,16,19-25H2,1-5H3/t27-,31-,33-,34+,35+,36+,37+,40-,41+/m1/s1. The lowest BCUT2D eigenvalue weighted by molar-refractivity contribution is -0.0613. The predicted molar refractivity (Wildman–Crippen MR) is 181 cm³/mol. The molecule has 9 atom stereocenters. The zero-order chi connectivity index (χ0) is 32.6. The average molecular weight is 625 g/mol. The topological polar surface area (TPSA) is 72.8 Å². The van der Waals surface area contributed by atoms with Crippen LogP contribution >= 0.6 is 0 Å². The number of hydrogen-bond acceptors (Lipinski definition) is 5. The first-order chi connectivity index (χ1) is 22.0. The van der Waals surface area contributed by atoms with E-state index in [4.69, 9.17) is 9.47 Å². The van der Waals surface area contributed by atoms with Gasteiger partial charge in [-0.2, -0.15) is 0 Å². The Labute approximate surface area is 275 Å². The maximum absolute atomic E-state index is 12.8. The van der Waals surface area contributed by atoms with E-state index in [0.29, 0.717) is 47.6 Å². The Morgan fingerprint density at radius 2 is 1.50 bits per heavy atom. The van der Waals surface area contributed by atoms with Crippen molar-refractivity contribution in [2.75, 3.05) is 0 Å². The Morgan fingerprint density at radius 1 is 0.848 bits per heavy atom. The number of rotatable bonds is 9. The Hall–Kier alpha value is -3.18. The normalized spacial score (nSPS) is 33.1. The second-order valence-electron chi connectivity index (χ2n) is 15.4. The molecule has 0 aliphatic heterocycles. The number of aliphatic hydroxyl groups excluding tert-OH is 1. The maximum Gasteiger partial charge on any atom is 0.338 e. The predicted octanol–water partition coefficient (Wildman–Crippen LogP) is 8.98. The van der Waals surface area contributed by atoms with Crippen LogP contribution in [0, 0.1) is 40.4 Å². The number of esters is 2. The quantitative estimate of drug-likeness (QED) is 0.282. The highest BCUT2D eigenvalue weighted by atomic mass is 16.5. The molecule has 4 aliphatic rings. The van der Waals surface area contributed by atoms with Crippen LogP contribution in [0.4, 0.5) is 0 Å². The highest BCUT2D eigenvalue weighted by molar-refractivity contribution is 5.89. The maximum atomic E-state index is 12.8. The van der Waals surface area contributed by atoms with Crippen LogP contribution in [0.1, 0.15) is 107 Å². The molecule has 0 saturated heterocycles. The lowest BCUT2D eigenvalue weighted by Crippen LogP contribution is -2.53. The van der Waals surface area contributed by atoms with E-state index in [9.17, 15) is 14.7 Å². The van der Waals surface area contributed by atoms with Gasteiger partial charge in [0.2, 0.25) is 0 Å². The van der Waals surface area contributed by atoms with E-state index in [2.05, 4.69) is 46.8 Å². The molecule has 3 fully saturated rings. The van der Waals surface area contributed by atoms with Crippen molar-refractivity contribution in [3.8, 4) is 0 Å². The first-order valence-electron chi connectivity index (χ1n) is 17.6. The number of hydrogen-bond donors (Lipinski definition) is 1. The largest absolute Gasteiger partial charge is 0.459 e. The summed E-state index contributed by atoms with van der Waals surface area (Å²) in [6, 6.07) is 18.4. The van der Waals surface area contributed by atoms with Gasteiger partial charge >= 0.3 is 11.9 Å². The number of carbonyl (C=O) groups excluding carboxylic acids is 2. The first-order valence-corrected chi connectivity index (χ1v) is 17.6. The van der Waals surface area contributed by atoms with Crippen molar-refractivity contribution in [1.82, 2.24) is 0 Å². The summed E-state index contributed by atoms with van der Waals surface area (Å²) in [7, 11) is 0. The summed E-state index contributed by atoms with van der Waals surface area (Å²) in [5.74, 6) is 1.72. The summed E-state index contributed by atoms with van der Waals surface area (Å²) in [5.41, 5.74) is 3.83. The van der Waals surface area contributed by atoms with Gasteiger partial charge in [0.15, 0.2) is 0 Å². The minimum absolute atomic E-state index is 0.0935. The second-order valence-corrected chi connectivity index (χ2v) is 15.4. The molecule has 0 amide bonds. The molecule has 6 rings (SSSR count). The Morgan fingerprint density at radius 3 is 2.15 bits per heavy atom. The molecule has 0 unspecified atom stereocenters. The molecule has 0 spiro atoms. The molecule has 0 bridgehead atoms. The van der Waals surface area contributed by atoms with Crippen molar-refractivity contribution >= 4 is 11.9 Å². The molecule has 0 radical (unpaired) electrons. The van der Waals surface area contributed by atoms with Crippen molar-refractivity contribution < 1.29 is 24.2 Å². The molecular weight excluding hydrogens is 572 g/mol. The van der Waals surface area contributed by atoms with E-state index in [1.54, 1.807) is 12.1 Å². The number of aliphatic hydroxyl groups is 1. The summed E-state index contributed by atoms with van der Waals surface area (Å²) in [5, 5.41) is 11.7. The minimum Gasteiger partial charge on any atom is -0.459 e. The Bertz CT molecular complexity index is 1460. The summed E-state index contributed by atoms with van der Waals surface area (Å²) < 4.78 is 11.9. The molecule has 46 heavy (non-hydrogen) atoms. The third kappa shape index (κ3) is 6.01. The van der Waals surface area contributed by atoms with Gasteiger partial charge in [-0.1, -0.05) is 94.3 Å². The van der Waals surface area contributed by atoms with Gasteiger partial charge < -0.3 is 14.6 Å². The van der Waals surface area contributed by atoms with Crippen LogP contribution in [0.3, 0.4) is 0 Å². The summed E-state index contributed by atoms with van der Waals surface area (Å²) in [4.78, 5) is 25.6. The van der Waals surface area contributed by atoms with Crippen LogP contribution in [0.5, 0.6) is 0 Å². The zero-order valence-corrected chi connectivity index (χ0v) is 28.3. The van der Waals surface area contributed by atoms with E-state index < -0.39 is 6.10 Å². The molecule has 3 saturated carbocycles. The molecule has 0 heterocycles. The van der Waals surface area contributed by atoms with Crippen LogP contribution in [-0.2, 0) is 9.47 Å². The Balaban J connectivity index is 1.12. The van der Waals surface area contributed by atoms with Crippen LogP contribution in [0.25, 0.3) is 0 Å². The van der Waals surface area contributed by atoms with Gasteiger partial charge in [0.25, 0.3) is 0 Å². The lowest BCUT2D eigenvalue weighted by Gasteiger charge is -2.56. The fourth-order valence-electron chi connectivity index (χ4n) is 9.83. The van der Waals surface area contributed by atoms with Gasteiger partial charge in [-0.05, 0) is 97.8 Å². The molecule has 2 aromatic rings. The van der Waals surface area contributed by atoms with E-state index in [1.165, 1.54) is 24.0 Å². The smallest absolute Gasteiger partial charge is 0.338 e. The fraction of sp³-hybridized carbons (Fsp3) is 0.561. The first kappa shape index (κ1) is 32.7. The van der Waals surface area contributed by atoms with Crippen molar-refractivity contribution in [3.63, 3.8) is 0 Å².